The number of thioether (sulfide) groups is 1. The van der Waals surface area contributed by atoms with Crippen LogP contribution in [0.3, 0.4) is 0 Å². The predicted octanol–water partition coefficient (Wildman–Crippen LogP) is 9.69. The van der Waals surface area contributed by atoms with Crippen molar-refractivity contribution in [2.45, 2.75) is 122 Å². The number of hydrogen-bond acceptors (Lipinski definition) is 8. The van der Waals surface area contributed by atoms with E-state index in [-0.39, 0.29) is 30.0 Å². The highest BCUT2D eigenvalue weighted by atomic mass is 32.2. The Balaban J connectivity index is 1.60. The number of unbranched alkanes of at least 4 members (excludes halogenated alkanes) is 4. The number of allylic oxidation sites excluding steroid dienone is 1. The van der Waals surface area contributed by atoms with Gasteiger partial charge in [-0.15, -0.1) is 0 Å². The molecular formula is C41H59NO7SSi. The fraction of sp³-hybridized carbons (Fsp3) is 0.561. The molecule has 10 heteroatoms. The molecule has 0 radical (unpaired) electrons. The van der Waals surface area contributed by atoms with Crippen LogP contribution in [-0.2, 0) is 28.6 Å². The summed E-state index contributed by atoms with van der Waals surface area (Å²) in [6.45, 7) is 13.2. The molecule has 0 bridgehead atoms. The van der Waals surface area contributed by atoms with Gasteiger partial charge in [0.15, 0.2) is 5.12 Å². The van der Waals surface area contributed by atoms with E-state index in [1.54, 1.807) is 6.08 Å². The highest BCUT2D eigenvalue weighted by molar-refractivity contribution is 8.13. The number of ether oxygens (including phenoxy) is 3. The van der Waals surface area contributed by atoms with Crippen LogP contribution in [0.15, 0.2) is 60.7 Å². The molecule has 0 heterocycles. The van der Waals surface area contributed by atoms with Crippen LogP contribution in [0.2, 0.25) is 25.7 Å². The van der Waals surface area contributed by atoms with Crippen molar-refractivity contribution < 1.29 is 33.4 Å². The Morgan fingerprint density at radius 1 is 0.902 bits per heavy atom. The van der Waals surface area contributed by atoms with E-state index in [2.05, 4.69) is 56.1 Å². The number of benzene rings is 2. The van der Waals surface area contributed by atoms with Crippen molar-refractivity contribution in [3.8, 4) is 11.1 Å². The van der Waals surface area contributed by atoms with Crippen LogP contribution >= 0.6 is 11.8 Å². The maximum Gasteiger partial charge on any atom is 0.407 e. The van der Waals surface area contributed by atoms with E-state index < -0.39 is 38.3 Å². The highest BCUT2D eigenvalue weighted by Gasteiger charge is 2.31. The molecule has 2 aromatic carbocycles. The van der Waals surface area contributed by atoms with Crippen LogP contribution in [0.25, 0.3) is 11.1 Å². The smallest absolute Gasteiger partial charge is 0.407 e. The highest BCUT2D eigenvalue weighted by Crippen LogP contribution is 2.44. The lowest BCUT2D eigenvalue weighted by Gasteiger charge is -2.23. The summed E-state index contributed by atoms with van der Waals surface area (Å²) in [4.78, 5) is 51.8. The predicted molar refractivity (Wildman–Crippen MR) is 210 cm³/mol. The fourth-order valence-corrected chi connectivity index (χ4v) is 7.46. The average Bonchev–Trinajstić information content (AvgIpc) is 3.39. The van der Waals surface area contributed by atoms with Gasteiger partial charge in [-0.2, -0.15) is 0 Å². The van der Waals surface area contributed by atoms with Crippen LogP contribution < -0.4 is 5.32 Å². The Morgan fingerprint density at radius 3 is 2.18 bits per heavy atom. The van der Waals surface area contributed by atoms with Gasteiger partial charge in [0.05, 0.1) is 13.0 Å². The lowest BCUT2D eigenvalue weighted by Crippen LogP contribution is -2.44. The van der Waals surface area contributed by atoms with Crippen molar-refractivity contribution >= 4 is 43.0 Å². The lowest BCUT2D eigenvalue weighted by molar-refractivity contribution is -0.154. The molecule has 0 spiro atoms. The molecule has 0 saturated heterocycles. The molecule has 51 heavy (non-hydrogen) atoms. The van der Waals surface area contributed by atoms with E-state index in [9.17, 15) is 19.2 Å². The summed E-state index contributed by atoms with van der Waals surface area (Å²) in [7, 11) is -1.40. The molecule has 8 nitrogen and oxygen atoms in total. The molecule has 1 N–H and O–H groups in total. The van der Waals surface area contributed by atoms with E-state index in [1.807, 2.05) is 44.2 Å². The van der Waals surface area contributed by atoms with Gasteiger partial charge >= 0.3 is 18.0 Å². The van der Waals surface area contributed by atoms with Gasteiger partial charge in [0.25, 0.3) is 0 Å². The number of carbonyl (C=O) groups is 4. The largest absolute Gasteiger partial charge is 0.466 e. The summed E-state index contributed by atoms with van der Waals surface area (Å²) in [5.74, 6) is -0.537. The quantitative estimate of drug-likeness (QED) is 0.0419. The first-order valence-corrected chi connectivity index (χ1v) is 23.4. The molecule has 1 aliphatic carbocycles. The van der Waals surface area contributed by atoms with Gasteiger partial charge in [-0.05, 0) is 59.6 Å². The molecule has 1 aliphatic rings. The summed E-state index contributed by atoms with van der Waals surface area (Å²) in [5.41, 5.74) is 4.45. The van der Waals surface area contributed by atoms with E-state index in [0.29, 0.717) is 31.6 Å². The molecule has 0 aromatic heterocycles. The van der Waals surface area contributed by atoms with Crippen LogP contribution in [0.4, 0.5) is 4.79 Å². The third kappa shape index (κ3) is 15.4. The van der Waals surface area contributed by atoms with Gasteiger partial charge in [-0.1, -0.05) is 132 Å². The van der Waals surface area contributed by atoms with Crippen molar-refractivity contribution in [2.24, 2.45) is 5.92 Å². The van der Waals surface area contributed by atoms with Crippen LogP contribution in [-0.4, -0.2) is 62.3 Å². The molecular weight excluding hydrogens is 679 g/mol. The van der Waals surface area contributed by atoms with Crippen molar-refractivity contribution in [1.29, 1.82) is 0 Å². The molecule has 3 rings (SSSR count). The minimum absolute atomic E-state index is 0.0677. The van der Waals surface area contributed by atoms with Crippen molar-refractivity contribution in [3.63, 3.8) is 0 Å². The summed E-state index contributed by atoms with van der Waals surface area (Å²) in [6.07, 6.45) is 8.83. The zero-order chi connectivity index (χ0) is 37.2. The summed E-state index contributed by atoms with van der Waals surface area (Å²) < 4.78 is 17.1. The SMILES string of the molecule is CCCCCCCC(=O)SCC/C=C/[C@H](CC(=O)OCC[Si](C)(C)C)OC(=O)[C@H](CC(C)C)NC(=O)OCC1c2ccccc2-c2ccccc21. The molecule has 0 saturated carbocycles. The Kier molecular flexibility index (Phi) is 18.0. The third-order valence-corrected chi connectivity index (χ3v) is 11.4. The number of carbonyl (C=O) groups excluding carboxylic acids is 4. The average molecular weight is 738 g/mol. The molecule has 0 aliphatic heterocycles. The van der Waals surface area contributed by atoms with Crippen LogP contribution in [0.1, 0.15) is 95.6 Å². The van der Waals surface area contributed by atoms with Gasteiger partial charge in [0.2, 0.25) is 0 Å². The van der Waals surface area contributed by atoms with Gasteiger partial charge in [0.1, 0.15) is 18.8 Å². The monoisotopic (exact) mass is 737 g/mol. The van der Waals surface area contributed by atoms with Crippen LogP contribution in [0, 0.1) is 5.92 Å². The normalized spacial score (nSPS) is 13.8. The van der Waals surface area contributed by atoms with Crippen molar-refractivity contribution in [1.82, 2.24) is 5.32 Å². The zero-order valence-electron chi connectivity index (χ0n) is 31.5. The van der Waals surface area contributed by atoms with Crippen molar-refractivity contribution in [3.05, 3.63) is 71.8 Å². The van der Waals surface area contributed by atoms with Crippen molar-refractivity contribution in [2.75, 3.05) is 19.0 Å². The summed E-state index contributed by atoms with van der Waals surface area (Å²) in [5, 5.41) is 2.92. The molecule has 0 fully saturated rings. The second-order valence-corrected chi connectivity index (χ2v) is 21.7. The maximum atomic E-state index is 13.6. The van der Waals surface area contributed by atoms with E-state index in [0.717, 1.165) is 47.6 Å². The standard InChI is InChI=1S/C41H59NO7SSi/c1-7-8-9-10-11-23-39(44)50-25-17-16-18-31(28-38(43)47-24-26-51(4,5)6)49-40(45)37(27-30(2)3)42-41(46)48-29-36-34-21-14-12-19-32(34)33-20-13-15-22-35(33)36/h12-16,18-22,30-31,36-37H,7-11,17,23-29H2,1-6H3,(H,42,46)/b18-16+/t31-,37+/m1/s1. The minimum atomic E-state index is -1.40. The Morgan fingerprint density at radius 2 is 1.55 bits per heavy atom. The Bertz CT molecular complexity index is 1410. The fourth-order valence-electron chi connectivity index (χ4n) is 5.98. The Hall–Kier alpha value is -3.37. The summed E-state index contributed by atoms with van der Waals surface area (Å²) >= 11 is 1.31. The topological polar surface area (TPSA) is 108 Å². The molecule has 280 valence electrons. The molecule has 1 amide bonds. The lowest BCUT2D eigenvalue weighted by atomic mass is 9.98. The van der Waals surface area contributed by atoms with E-state index >= 15 is 0 Å². The minimum Gasteiger partial charge on any atom is -0.466 e. The number of rotatable bonds is 22. The van der Waals surface area contributed by atoms with Gasteiger partial charge in [-0.3, -0.25) is 9.59 Å². The summed E-state index contributed by atoms with van der Waals surface area (Å²) in [6, 6.07) is 16.1. The van der Waals surface area contributed by atoms with E-state index in [4.69, 9.17) is 14.2 Å². The number of alkyl carbamates (subject to hydrolysis) is 1. The first kappa shape index (κ1) is 42.0. The second kappa shape index (κ2) is 21.9. The van der Waals surface area contributed by atoms with Gasteiger partial charge in [0, 0.05) is 26.2 Å². The number of nitrogens with one attached hydrogen (secondary N) is 1. The first-order valence-electron chi connectivity index (χ1n) is 18.7. The van der Waals surface area contributed by atoms with Gasteiger partial charge < -0.3 is 19.5 Å². The van der Waals surface area contributed by atoms with Gasteiger partial charge in [-0.25, -0.2) is 9.59 Å². The number of fused-ring (bicyclic) bond motifs is 3. The molecule has 2 atom stereocenters. The Labute approximate surface area is 310 Å². The number of hydrogen-bond donors (Lipinski definition) is 1. The number of amides is 1. The zero-order valence-corrected chi connectivity index (χ0v) is 33.4. The van der Waals surface area contributed by atoms with Crippen LogP contribution in [0.5, 0.6) is 0 Å². The molecule has 0 unspecified atom stereocenters. The second-order valence-electron chi connectivity index (χ2n) is 15.0. The molecule has 2 aromatic rings. The van der Waals surface area contributed by atoms with E-state index in [1.165, 1.54) is 24.6 Å². The first-order chi connectivity index (χ1) is 24.4. The maximum absolute atomic E-state index is 13.6. The third-order valence-electron chi connectivity index (χ3n) is 8.76. The number of esters is 2.